The van der Waals surface area contributed by atoms with Gasteiger partial charge in [0.1, 0.15) is 12.4 Å². The van der Waals surface area contributed by atoms with Gasteiger partial charge in [-0.05, 0) is 26.8 Å². The SMILES string of the molecule is CCCNC(C)c1cnc(CCOCC(F)F)nc1C. The van der Waals surface area contributed by atoms with E-state index in [0.717, 1.165) is 24.2 Å². The van der Waals surface area contributed by atoms with E-state index in [-0.39, 0.29) is 12.6 Å². The zero-order valence-corrected chi connectivity index (χ0v) is 12.3. The Morgan fingerprint density at radius 1 is 1.40 bits per heavy atom. The smallest absolute Gasteiger partial charge is 0.261 e. The number of aromatic nitrogens is 2. The number of aryl methyl sites for hydroxylation is 1. The predicted octanol–water partition coefficient (Wildman–Crippen LogP) is 2.67. The van der Waals surface area contributed by atoms with Gasteiger partial charge in [0.2, 0.25) is 0 Å². The van der Waals surface area contributed by atoms with E-state index in [1.54, 1.807) is 6.20 Å². The third-order valence-electron chi connectivity index (χ3n) is 2.95. The van der Waals surface area contributed by atoms with Gasteiger partial charge < -0.3 is 10.1 Å². The molecule has 0 radical (unpaired) electrons. The highest BCUT2D eigenvalue weighted by molar-refractivity contribution is 5.19. The zero-order chi connectivity index (χ0) is 15.0. The second-order valence-corrected chi connectivity index (χ2v) is 4.72. The summed E-state index contributed by atoms with van der Waals surface area (Å²) in [4.78, 5) is 8.67. The van der Waals surface area contributed by atoms with Gasteiger partial charge in [0, 0.05) is 29.9 Å². The van der Waals surface area contributed by atoms with Crippen LogP contribution in [0.4, 0.5) is 8.78 Å². The van der Waals surface area contributed by atoms with Crippen molar-refractivity contribution in [2.24, 2.45) is 0 Å². The largest absolute Gasteiger partial charge is 0.375 e. The Bertz CT molecular complexity index is 402. The molecule has 1 unspecified atom stereocenters. The molecule has 4 nitrogen and oxygen atoms in total. The molecule has 0 aliphatic carbocycles. The van der Waals surface area contributed by atoms with Crippen molar-refractivity contribution >= 4 is 0 Å². The van der Waals surface area contributed by atoms with E-state index in [1.807, 2.05) is 6.92 Å². The molecule has 0 bridgehead atoms. The van der Waals surface area contributed by atoms with Crippen molar-refractivity contribution < 1.29 is 13.5 Å². The highest BCUT2D eigenvalue weighted by atomic mass is 19.3. The minimum absolute atomic E-state index is 0.207. The van der Waals surface area contributed by atoms with Crippen molar-refractivity contribution in [3.63, 3.8) is 0 Å². The fourth-order valence-electron chi connectivity index (χ4n) is 1.88. The maximum absolute atomic E-state index is 11.9. The van der Waals surface area contributed by atoms with Crippen LogP contribution in [0.5, 0.6) is 0 Å². The monoisotopic (exact) mass is 287 g/mol. The molecule has 0 saturated heterocycles. The second kappa shape index (κ2) is 8.92. The molecular formula is C14H23F2N3O. The molecular weight excluding hydrogens is 264 g/mol. The van der Waals surface area contributed by atoms with E-state index in [9.17, 15) is 8.78 Å². The van der Waals surface area contributed by atoms with Crippen molar-refractivity contribution in [3.8, 4) is 0 Å². The molecule has 1 aromatic rings. The second-order valence-electron chi connectivity index (χ2n) is 4.72. The minimum Gasteiger partial charge on any atom is -0.375 e. The van der Waals surface area contributed by atoms with Gasteiger partial charge in [-0.15, -0.1) is 0 Å². The minimum atomic E-state index is -2.43. The van der Waals surface area contributed by atoms with E-state index >= 15 is 0 Å². The molecule has 1 N–H and O–H groups in total. The molecule has 0 aliphatic rings. The van der Waals surface area contributed by atoms with E-state index < -0.39 is 13.0 Å². The molecule has 1 aromatic heterocycles. The average Bonchev–Trinajstić information content (AvgIpc) is 2.41. The topological polar surface area (TPSA) is 47.0 Å². The maximum Gasteiger partial charge on any atom is 0.261 e. The summed E-state index contributed by atoms with van der Waals surface area (Å²) in [5.41, 5.74) is 1.98. The first-order chi connectivity index (χ1) is 9.54. The summed E-state index contributed by atoms with van der Waals surface area (Å²) in [6.07, 6.45) is 0.900. The third kappa shape index (κ3) is 5.88. The first-order valence-electron chi connectivity index (χ1n) is 6.96. The van der Waals surface area contributed by atoms with Crippen LogP contribution in [0, 0.1) is 6.92 Å². The van der Waals surface area contributed by atoms with Gasteiger partial charge in [-0.25, -0.2) is 18.7 Å². The lowest BCUT2D eigenvalue weighted by molar-refractivity contribution is 0.0182. The Morgan fingerprint density at radius 3 is 2.75 bits per heavy atom. The zero-order valence-electron chi connectivity index (χ0n) is 12.3. The third-order valence-corrected chi connectivity index (χ3v) is 2.95. The number of ether oxygens (including phenoxy) is 1. The molecule has 1 heterocycles. The van der Waals surface area contributed by atoms with Gasteiger partial charge in [-0.1, -0.05) is 6.92 Å². The number of nitrogens with zero attached hydrogens (tertiary/aromatic N) is 2. The first kappa shape index (κ1) is 16.9. The van der Waals surface area contributed by atoms with Gasteiger partial charge in [-0.3, -0.25) is 0 Å². The normalized spacial score (nSPS) is 12.9. The fourth-order valence-corrected chi connectivity index (χ4v) is 1.88. The Morgan fingerprint density at radius 2 is 2.15 bits per heavy atom. The molecule has 6 heteroatoms. The lowest BCUT2D eigenvalue weighted by Crippen LogP contribution is -2.21. The van der Waals surface area contributed by atoms with E-state index in [0.29, 0.717) is 12.2 Å². The van der Waals surface area contributed by atoms with Gasteiger partial charge in [0.05, 0.1) is 6.61 Å². The van der Waals surface area contributed by atoms with Crippen LogP contribution in [0.25, 0.3) is 0 Å². The lowest BCUT2D eigenvalue weighted by Gasteiger charge is -2.15. The standard InChI is InChI=1S/C14H23F2N3O/c1-4-6-17-10(2)12-8-18-14(19-11(12)3)5-7-20-9-13(15)16/h8,10,13,17H,4-7,9H2,1-3H3. The van der Waals surface area contributed by atoms with Crippen molar-refractivity contribution in [3.05, 3.63) is 23.3 Å². The molecule has 1 atom stereocenters. The van der Waals surface area contributed by atoms with Crippen LogP contribution in [-0.2, 0) is 11.2 Å². The van der Waals surface area contributed by atoms with Crippen LogP contribution in [0.15, 0.2) is 6.20 Å². The summed E-state index contributed by atoms with van der Waals surface area (Å²) < 4.78 is 28.6. The van der Waals surface area contributed by atoms with Crippen molar-refractivity contribution in [2.45, 2.75) is 46.1 Å². The van der Waals surface area contributed by atoms with Crippen LogP contribution < -0.4 is 5.32 Å². The van der Waals surface area contributed by atoms with E-state index in [2.05, 4.69) is 29.1 Å². The maximum atomic E-state index is 11.9. The van der Waals surface area contributed by atoms with Crippen LogP contribution in [-0.4, -0.2) is 36.2 Å². The van der Waals surface area contributed by atoms with Crippen molar-refractivity contribution in [2.75, 3.05) is 19.8 Å². The molecule has 0 aromatic carbocycles. The number of alkyl halides is 2. The number of halogens is 2. The summed E-state index contributed by atoms with van der Waals surface area (Å²) >= 11 is 0. The first-order valence-corrected chi connectivity index (χ1v) is 6.96. The highest BCUT2D eigenvalue weighted by Crippen LogP contribution is 2.14. The Balaban J connectivity index is 2.50. The summed E-state index contributed by atoms with van der Waals surface area (Å²) in [6, 6.07) is 0.207. The van der Waals surface area contributed by atoms with Gasteiger partial charge >= 0.3 is 0 Å². The van der Waals surface area contributed by atoms with Crippen LogP contribution in [0.3, 0.4) is 0 Å². The summed E-state index contributed by atoms with van der Waals surface area (Å²) in [5.74, 6) is 0.628. The van der Waals surface area contributed by atoms with Crippen LogP contribution >= 0.6 is 0 Å². The van der Waals surface area contributed by atoms with Crippen molar-refractivity contribution in [1.29, 1.82) is 0 Å². The number of hydrogen-bond acceptors (Lipinski definition) is 4. The molecule has 0 fully saturated rings. The summed E-state index contributed by atoms with van der Waals surface area (Å²) in [5, 5.41) is 3.39. The van der Waals surface area contributed by atoms with Gasteiger partial charge in [0.15, 0.2) is 0 Å². The summed E-state index contributed by atoms with van der Waals surface area (Å²) in [7, 11) is 0. The number of nitrogens with one attached hydrogen (secondary N) is 1. The van der Waals surface area contributed by atoms with Crippen LogP contribution in [0.2, 0.25) is 0 Å². The Kier molecular flexibility index (Phi) is 7.54. The number of hydrogen-bond donors (Lipinski definition) is 1. The van der Waals surface area contributed by atoms with E-state index in [4.69, 9.17) is 4.74 Å². The van der Waals surface area contributed by atoms with Gasteiger partial charge in [0.25, 0.3) is 6.43 Å². The fraction of sp³-hybridized carbons (Fsp3) is 0.714. The summed E-state index contributed by atoms with van der Waals surface area (Å²) in [6.45, 7) is 6.76. The Hall–Kier alpha value is -1.14. The predicted molar refractivity (Wildman–Crippen MR) is 74.0 cm³/mol. The molecule has 0 aliphatic heterocycles. The molecule has 0 saturated carbocycles. The van der Waals surface area contributed by atoms with Crippen LogP contribution in [0.1, 0.15) is 43.4 Å². The number of rotatable bonds is 9. The molecule has 20 heavy (non-hydrogen) atoms. The molecule has 1 rings (SSSR count). The lowest BCUT2D eigenvalue weighted by atomic mass is 10.1. The Labute approximate surface area is 119 Å². The molecule has 0 amide bonds. The average molecular weight is 287 g/mol. The van der Waals surface area contributed by atoms with Crippen molar-refractivity contribution in [1.82, 2.24) is 15.3 Å². The van der Waals surface area contributed by atoms with E-state index in [1.165, 1.54) is 0 Å². The highest BCUT2D eigenvalue weighted by Gasteiger charge is 2.10. The molecule has 0 spiro atoms. The van der Waals surface area contributed by atoms with Gasteiger partial charge in [-0.2, -0.15) is 0 Å². The molecule has 114 valence electrons. The quantitative estimate of drug-likeness (QED) is 0.709.